The molecule has 2 heterocycles. The third-order valence-corrected chi connectivity index (χ3v) is 7.94. The van der Waals surface area contributed by atoms with E-state index in [-0.39, 0.29) is 46.6 Å². The largest absolute Gasteiger partial charge is 0.423 e. The topological polar surface area (TPSA) is 161 Å². The maximum atomic E-state index is 12.1. The first-order valence-electron chi connectivity index (χ1n) is 15.5. The summed E-state index contributed by atoms with van der Waals surface area (Å²) in [6, 6.07) is 11.1. The highest BCUT2D eigenvalue weighted by Gasteiger charge is 2.40. The number of rotatable bonds is 8. The van der Waals surface area contributed by atoms with Crippen LogP contribution >= 0.6 is 0 Å². The molecule has 0 bridgehead atoms. The molecular weight excluding hydrogens is 638 g/mol. The van der Waals surface area contributed by atoms with Crippen LogP contribution in [0.25, 0.3) is 0 Å². The van der Waals surface area contributed by atoms with Gasteiger partial charge in [-0.3, -0.25) is 33.7 Å². The van der Waals surface area contributed by atoms with E-state index < -0.39 is 35.8 Å². The summed E-state index contributed by atoms with van der Waals surface area (Å²) < 4.78 is 32.4. The molecule has 3 aromatic rings. The van der Waals surface area contributed by atoms with Gasteiger partial charge in [-0.2, -0.15) is 0 Å². The number of hydrogen-bond acceptors (Lipinski definition) is 13. The van der Waals surface area contributed by atoms with E-state index in [0.717, 1.165) is 27.8 Å². The molecule has 0 N–H and O–H groups in total. The first kappa shape index (κ1) is 34.8. The lowest BCUT2D eigenvalue weighted by Gasteiger charge is -2.47. The van der Waals surface area contributed by atoms with Crippen molar-refractivity contribution < 1.29 is 57.2 Å². The van der Waals surface area contributed by atoms with Crippen molar-refractivity contribution in [2.24, 2.45) is 0 Å². The highest BCUT2D eigenvalue weighted by molar-refractivity contribution is 5.76. The quantitative estimate of drug-likeness (QED) is 0.240. The molecule has 0 unspecified atom stereocenters. The van der Waals surface area contributed by atoms with E-state index in [4.69, 9.17) is 28.4 Å². The lowest BCUT2D eigenvalue weighted by Crippen LogP contribution is -2.43. The molecule has 2 aliphatic heterocycles. The molecule has 0 radical (unpaired) electrons. The number of ether oxygens (including phenoxy) is 6. The highest BCUT2D eigenvalue weighted by atomic mass is 16.6. The number of nitrogens with zero attached hydrogens (tertiary/aromatic N) is 1. The van der Waals surface area contributed by atoms with Crippen LogP contribution in [-0.4, -0.2) is 47.3 Å². The number of fused-ring (bicyclic) bond motifs is 4. The molecule has 0 fully saturated rings. The number of hydrogen-bond donors (Lipinski definition) is 0. The first-order chi connectivity index (χ1) is 23.2. The van der Waals surface area contributed by atoms with Crippen LogP contribution in [0.1, 0.15) is 81.4 Å². The van der Waals surface area contributed by atoms with Gasteiger partial charge < -0.3 is 28.4 Å². The standard InChI is InChI=1S/C36H35NO12/c1-18(38)44-31-8-7-24(12-32(31)45-19(2)39)11-29-28-17-36(49-23(6)43)34(47-21(4)41)15-26(28)13-30-27-16-35(48-22(5)42)33(46-20(3)40)14-25(27)9-10-37(29)30/h7-8,12,14-17,29-30H,9-11,13H2,1-6H3/t29-,30+/m0/s1. The van der Waals surface area contributed by atoms with Crippen LogP contribution in [0.15, 0.2) is 42.5 Å². The number of esters is 6. The molecule has 0 aromatic heterocycles. The van der Waals surface area contributed by atoms with Crippen molar-refractivity contribution >= 4 is 35.8 Å². The van der Waals surface area contributed by atoms with Crippen LogP contribution in [0, 0.1) is 0 Å². The van der Waals surface area contributed by atoms with Crippen LogP contribution < -0.4 is 28.4 Å². The Morgan fingerprint density at radius 2 is 0.980 bits per heavy atom. The minimum atomic E-state index is -0.598. The Labute approximate surface area is 282 Å². The van der Waals surface area contributed by atoms with Gasteiger partial charge in [0, 0.05) is 60.2 Å². The third kappa shape index (κ3) is 8.12. The van der Waals surface area contributed by atoms with Crippen molar-refractivity contribution in [3.8, 4) is 34.5 Å². The smallest absolute Gasteiger partial charge is 0.308 e. The number of carbonyl (C=O) groups excluding carboxylic acids is 6. The Morgan fingerprint density at radius 3 is 1.49 bits per heavy atom. The van der Waals surface area contributed by atoms with E-state index in [0.29, 0.717) is 25.8 Å². The fourth-order valence-electron chi connectivity index (χ4n) is 6.36. The average Bonchev–Trinajstić information content (AvgIpc) is 2.97. The molecule has 13 nitrogen and oxygen atoms in total. The summed E-state index contributed by atoms with van der Waals surface area (Å²) in [7, 11) is 0. The third-order valence-electron chi connectivity index (χ3n) is 7.94. The van der Waals surface area contributed by atoms with E-state index in [1.165, 1.54) is 41.5 Å². The predicted octanol–water partition coefficient (Wildman–Crippen LogP) is 4.68. The SMILES string of the molecule is CC(=O)Oc1ccc(C[C@H]2c3cc(OC(C)=O)c(OC(C)=O)cc3C[C@@H]3c4cc(OC(C)=O)c(OC(C)=O)cc4CCN32)cc1OC(C)=O. The average molecular weight is 674 g/mol. The molecule has 3 aromatic carbocycles. The molecule has 13 heteroatoms. The van der Waals surface area contributed by atoms with Gasteiger partial charge in [-0.25, -0.2) is 0 Å². The first-order valence-corrected chi connectivity index (χ1v) is 15.5. The predicted molar refractivity (Wildman–Crippen MR) is 170 cm³/mol. The van der Waals surface area contributed by atoms with Crippen LogP contribution in [0.2, 0.25) is 0 Å². The molecule has 0 spiro atoms. The van der Waals surface area contributed by atoms with Crippen LogP contribution in [0.3, 0.4) is 0 Å². The second kappa shape index (κ2) is 14.3. The molecular formula is C36H35NO12. The summed E-state index contributed by atoms with van der Waals surface area (Å²) in [5, 5.41) is 0. The van der Waals surface area contributed by atoms with E-state index >= 15 is 0 Å². The summed E-state index contributed by atoms with van der Waals surface area (Å²) in [6.07, 6.45) is 1.35. The summed E-state index contributed by atoms with van der Waals surface area (Å²) in [6.45, 7) is 8.05. The minimum Gasteiger partial charge on any atom is -0.423 e. The number of benzene rings is 3. The maximum Gasteiger partial charge on any atom is 0.308 e. The molecule has 49 heavy (non-hydrogen) atoms. The van der Waals surface area contributed by atoms with E-state index in [1.807, 2.05) is 0 Å². The summed E-state index contributed by atoms with van der Waals surface area (Å²) in [4.78, 5) is 73.9. The Bertz CT molecular complexity index is 1880. The second-order valence-electron chi connectivity index (χ2n) is 11.8. The molecule has 256 valence electrons. The molecule has 0 saturated carbocycles. The van der Waals surface area contributed by atoms with Crippen molar-refractivity contribution in [3.63, 3.8) is 0 Å². The van der Waals surface area contributed by atoms with Crippen LogP contribution in [0.5, 0.6) is 34.5 Å². The van der Waals surface area contributed by atoms with Crippen molar-refractivity contribution in [3.05, 3.63) is 70.3 Å². The molecule has 0 saturated heterocycles. The van der Waals surface area contributed by atoms with Gasteiger partial charge in [-0.1, -0.05) is 6.07 Å². The number of carbonyl (C=O) groups is 6. The van der Waals surface area contributed by atoms with Crippen molar-refractivity contribution in [2.75, 3.05) is 6.54 Å². The van der Waals surface area contributed by atoms with Crippen molar-refractivity contribution in [1.82, 2.24) is 4.90 Å². The lowest BCUT2D eigenvalue weighted by molar-refractivity contribution is -0.134. The maximum absolute atomic E-state index is 12.1. The van der Waals surface area contributed by atoms with Gasteiger partial charge in [0.2, 0.25) is 0 Å². The van der Waals surface area contributed by atoms with Crippen LogP contribution in [0.4, 0.5) is 0 Å². The van der Waals surface area contributed by atoms with Gasteiger partial charge in [0.1, 0.15) is 0 Å². The summed E-state index contributed by atoms with van der Waals surface area (Å²) in [5.41, 5.74) is 4.09. The zero-order chi connectivity index (χ0) is 35.6. The van der Waals surface area contributed by atoms with Crippen LogP contribution in [-0.2, 0) is 48.0 Å². The molecule has 0 aliphatic carbocycles. The summed E-state index contributed by atoms with van der Waals surface area (Å²) in [5.74, 6) is -2.96. The lowest BCUT2D eigenvalue weighted by atomic mass is 9.79. The monoisotopic (exact) mass is 673 g/mol. The summed E-state index contributed by atoms with van der Waals surface area (Å²) >= 11 is 0. The van der Waals surface area contributed by atoms with Gasteiger partial charge in [0.15, 0.2) is 34.5 Å². The fourth-order valence-corrected chi connectivity index (χ4v) is 6.36. The van der Waals surface area contributed by atoms with Crippen molar-refractivity contribution in [2.45, 2.75) is 72.9 Å². The Morgan fingerprint density at radius 1 is 0.551 bits per heavy atom. The van der Waals surface area contributed by atoms with E-state index in [9.17, 15) is 28.8 Å². The molecule has 2 aliphatic rings. The zero-order valence-corrected chi connectivity index (χ0v) is 27.9. The molecule has 2 atom stereocenters. The molecule has 5 rings (SSSR count). The highest BCUT2D eigenvalue weighted by Crippen LogP contribution is 2.50. The Balaban J connectivity index is 1.66. The Kier molecular flexibility index (Phi) is 10.1. The van der Waals surface area contributed by atoms with Gasteiger partial charge in [-0.15, -0.1) is 0 Å². The fraction of sp³-hybridized carbons (Fsp3) is 0.333. The van der Waals surface area contributed by atoms with Gasteiger partial charge in [-0.05, 0) is 83.5 Å². The normalized spacial score (nSPS) is 16.2. The Hall–Kier alpha value is -5.56. The molecule has 0 amide bonds. The van der Waals surface area contributed by atoms with E-state index in [1.54, 1.807) is 42.5 Å². The van der Waals surface area contributed by atoms with Crippen molar-refractivity contribution in [1.29, 1.82) is 0 Å². The minimum absolute atomic E-state index is 0.0756. The van der Waals surface area contributed by atoms with Gasteiger partial charge >= 0.3 is 35.8 Å². The van der Waals surface area contributed by atoms with E-state index in [2.05, 4.69) is 4.90 Å². The van der Waals surface area contributed by atoms with Gasteiger partial charge in [0.25, 0.3) is 0 Å². The zero-order valence-electron chi connectivity index (χ0n) is 27.9. The second-order valence-corrected chi connectivity index (χ2v) is 11.8. The van der Waals surface area contributed by atoms with Gasteiger partial charge in [0.05, 0.1) is 0 Å².